The lowest BCUT2D eigenvalue weighted by Gasteiger charge is -2.36. The van der Waals surface area contributed by atoms with Crippen LogP contribution in [0, 0.1) is 10.1 Å². The number of morpholine rings is 1. The number of hydrogen-bond acceptors (Lipinski definition) is 7. The van der Waals surface area contributed by atoms with Crippen LogP contribution in [0.4, 0.5) is 22.7 Å². The summed E-state index contributed by atoms with van der Waals surface area (Å²) in [5.74, 6) is -0.405. The molecule has 0 atom stereocenters. The molecule has 0 unspecified atom stereocenters. The second-order valence-corrected chi connectivity index (χ2v) is 8.58. The first kappa shape index (κ1) is 23.8. The number of nitrogens with one attached hydrogen (secondary N) is 1. The van der Waals surface area contributed by atoms with Crippen molar-refractivity contribution in [2.45, 2.75) is 6.92 Å². The number of anilines is 3. The van der Waals surface area contributed by atoms with Gasteiger partial charge in [-0.3, -0.25) is 19.7 Å². The lowest BCUT2D eigenvalue weighted by Crippen LogP contribution is -2.48. The second-order valence-electron chi connectivity index (χ2n) is 8.17. The molecule has 11 heteroatoms. The van der Waals surface area contributed by atoms with Crippen molar-refractivity contribution in [2.75, 3.05) is 67.6 Å². The van der Waals surface area contributed by atoms with E-state index < -0.39 is 10.8 Å². The molecule has 2 heterocycles. The molecule has 2 fully saturated rings. The van der Waals surface area contributed by atoms with Gasteiger partial charge in [0.2, 0.25) is 5.91 Å². The Morgan fingerprint density at radius 2 is 1.62 bits per heavy atom. The minimum absolute atomic E-state index is 0.0574. The van der Waals surface area contributed by atoms with Crippen molar-refractivity contribution < 1.29 is 19.2 Å². The zero-order valence-electron chi connectivity index (χ0n) is 18.8. The van der Waals surface area contributed by atoms with E-state index >= 15 is 0 Å². The van der Waals surface area contributed by atoms with Crippen molar-refractivity contribution in [2.24, 2.45) is 0 Å². The van der Waals surface area contributed by atoms with Crippen molar-refractivity contribution in [3.63, 3.8) is 0 Å². The number of carbonyl (C=O) groups is 2. The van der Waals surface area contributed by atoms with Crippen molar-refractivity contribution in [3.05, 3.63) is 57.1 Å². The molecule has 2 saturated heterocycles. The molecular formula is C23H26ClN5O5. The van der Waals surface area contributed by atoms with Crippen LogP contribution in [-0.4, -0.2) is 74.1 Å². The van der Waals surface area contributed by atoms with E-state index in [-0.39, 0.29) is 17.2 Å². The summed E-state index contributed by atoms with van der Waals surface area (Å²) in [6.07, 6.45) is 0. The molecule has 0 aliphatic carbocycles. The van der Waals surface area contributed by atoms with Crippen LogP contribution in [0.2, 0.25) is 5.02 Å². The summed E-state index contributed by atoms with van der Waals surface area (Å²) in [6, 6.07) is 9.71. The Morgan fingerprint density at radius 3 is 2.24 bits per heavy atom. The van der Waals surface area contributed by atoms with Gasteiger partial charge in [-0.15, -0.1) is 0 Å². The Morgan fingerprint density at radius 1 is 0.971 bits per heavy atom. The molecule has 0 aromatic heterocycles. The van der Waals surface area contributed by atoms with Crippen molar-refractivity contribution in [1.82, 2.24) is 4.90 Å². The van der Waals surface area contributed by atoms with Gasteiger partial charge in [-0.2, -0.15) is 0 Å². The lowest BCUT2D eigenvalue weighted by molar-refractivity contribution is -0.384. The van der Waals surface area contributed by atoms with E-state index in [9.17, 15) is 19.7 Å². The Balaban J connectivity index is 1.46. The summed E-state index contributed by atoms with van der Waals surface area (Å²) in [5, 5.41) is 14.9. The number of amides is 2. The van der Waals surface area contributed by atoms with Gasteiger partial charge in [-0.05, 0) is 30.3 Å². The molecule has 4 rings (SSSR count). The Hall–Kier alpha value is -3.37. The summed E-state index contributed by atoms with van der Waals surface area (Å²) in [4.78, 5) is 41.3. The molecule has 34 heavy (non-hydrogen) atoms. The maximum Gasteiger partial charge on any atom is 0.293 e. The smallest absolute Gasteiger partial charge is 0.293 e. The predicted octanol–water partition coefficient (Wildman–Crippen LogP) is 3.01. The van der Waals surface area contributed by atoms with E-state index in [1.54, 1.807) is 36.1 Å². The number of benzene rings is 2. The van der Waals surface area contributed by atoms with E-state index in [4.69, 9.17) is 16.3 Å². The van der Waals surface area contributed by atoms with E-state index in [0.717, 1.165) is 5.69 Å². The van der Waals surface area contributed by atoms with E-state index in [0.29, 0.717) is 68.9 Å². The van der Waals surface area contributed by atoms with Gasteiger partial charge < -0.3 is 24.8 Å². The second kappa shape index (κ2) is 10.3. The summed E-state index contributed by atoms with van der Waals surface area (Å²) in [5.41, 5.74) is 1.86. The number of carbonyl (C=O) groups excluding carboxylic acids is 2. The molecule has 2 aliphatic heterocycles. The fraction of sp³-hybridized carbons (Fsp3) is 0.391. The van der Waals surface area contributed by atoms with Crippen LogP contribution in [0.15, 0.2) is 36.4 Å². The number of nitrogens with zero attached hydrogens (tertiary/aromatic N) is 4. The van der Waals surface area contributed by atoms with Crippen molar-refractivity contribution in [1.29, 1.82) is 0 Å². The van der Waals surface area contributed by atoms with Gasteiger partial charge in [0.05, 0.1) is 28.8 Å². The Kier molecular flexibility index (Phi) is 7.18. The van der Waals surface area contributed by atoms with Gasteiger partial charge in [0.1, 0.15) is 5.69 Å². The van der Waals surface area contributed by atoms with E-state index in [2.05, 4.69) is 10.2 Å². The van der Waals surface area contributed by atoms with Crippen LogP contribution < -0.4 is 15.1 Å². The molecule has 1 N–H and O–H groups in total. The van der Waals surface area contributed by atoms with Gasteiger partial charge in [0, 0.05) is 63.5 Å². The quantitative estimate of drug-likeness (QED) is 0.510. The van der Waals surface area contributed by atoms with Gasteiger partial charge in [0.25, 0.3) is 11.6 Å². The first-order chi connectivity index (χ1) is 16.3. The largest absolute Gasteiger partial charge is 0.378 e. The third kappa shape index (κ3) is 5.23. The monoisotopic (exact) mass is 487 g/mol. The first-order valence-electron chi connectivity index (χ1n) is 11.1. The summed E-state index contributed by atoms with van der Waals surface area (Å²) in [6.45, 7) is 6.28. The average molecular weight is 488 g/mol. The third-order valence-electron chi connectivity index (χ3n) is 6.06. The van der Waals surface area contributed by atoms with Crippen molar-refractivity contribution in [3.8, 4) is 0 Å². The molecule has 0 radical (unpaired) electrons. The highest BCUT2D eigenvalue weighted by Gasteiger charge is 2.24. The fourth-order valence-electron chi connectivity index (χ4n) is 4.19. The number of nitro benzene ring substituents is 1. The maximum absolute atomic E-state index is 12.8. The molecule has 2 aromatic rings. The van der Waals surface area contributed by atoms with Gasteiger partial charge in [0.15, 0.2) is 0 Å². The molecule has 180 valence electrons. The molecule has 0 bridgehead atoms. The standard InChI is InChI=1S/C23H26ClN5O5/c1-16(30)26-6-8-27(9-7-26)20-5-3-18(15-19(20)24)25-23(31)17-2-4-21(22(14-17)29(32)33)28-10-12-34-13-11-28/h2-5,14-15H,6-13H2,1H3,(H,25,31). The van der Waals surface area contributed by atoms with E-state index in [1.165, 1.54) is 6.07 Å². The predicted molar refractivity (Wildman–Crippen MR) is 130 cm³/mol. The SMILES string of the molecule is CC(=O)N1CCN(c2ccc(NC(=O)c3ccc(N4CCOCC4)c([N+](=O)[O-])c3)cc2Cl)CC1. The molecule has 0 saturated carbocycles. The summed E-state index contributed by atoms with van der Waals surface area (Å²) < 4.78 is 5.32. The van der Waals surface area contributed by atoms with Gasteiger partial charge >= 0.3 is 0 Å². The van der Waals surface area contributed by atoms with E-state index in [1.807, 2.05) is 11.0 Å². The molecule has 0 spiro atoms. The van der Waals surface area contributed by atoms with Crippen LogP contribution in [0.1, 0.15) is 17.3 Å². The number of nitro groups is 1. The lowest BCUT2D eigenvalue weighted by atomic mass is 10.1. The van der Waals surface area contributed by atoms with Crippen LogP contribution in [0.25, 0.3) is 0 Å². The maximum atomic E-state index is 12.8. The normalized spacial score (nSPS) is 16.4. The van der Waals surface area contributed by atoms with Crippen LogP contribution in [0.3, 0.4) is 0 Å². The van der Waals surface area contributed by atoms with Crippen LogP contribution in [-0.2, 0) is 9.53 Å². The summed E-state index contributed by atoms with van der Waals surface area (Å²) in [7, 11) is 0. The number of rotatable bonds is 5. The van der Waals surface area contributed by atoms with Crippen molar-refractivity contribution >= 4 is 46.2 Å². The highest BCUT2D eigenvalue weighted by atomic mass is 35.5. The van der Waals surface area contributed by atoms with Crippen LogP contribution >= 0.6 is 11.6 Å². The first-order valence-corrected chi connectivity index (χ1v) is 11.4. The number of ether oxygens (including phenoxy) is 1. The topological polar surface area (TPSA) is 108 Å². The minimum Gasteiger partial charge on any atom is -0.378 e. The Bertz CT molecular complexity index is 1100. The number of piperazine rings is 1. The molecule has 2 aliphatic rings. The molecule has 2 aromatic carbocycles. The minimum atomic E-state index is -0.473. The zero-order chi connectivity index (χ0) is 24.2. The number of hydrogen-bond donors (Lipinski definition) is 1. The number of halogens is 1. The molecule has 2 amide bonds. The van der Waals surface area contributed by atoms with Gasteiger partial charge in [-0.1, -0.05) is 11.6 Å². The highest BCUT2D eigenvalue weighted by molar-refractivity contribution is 6.33. The highest BCUT2D eigenvalue weighted by Crippen LogP contribution is 2.32. The van der Waals surface area contributed by atoms with Crippen LogP contribution in [0.5, 0.6) is 0 Å². The molecular weight excluding hydrogens is 462 g/mol. The average Bonchev–Trinajstić information content (AvgIpc) is 2.84. The molecule has 10 nitrogen and oxygen atoms in total. The zero-order valence-corrected chi connectivity index (χ0v) is 19.6. The Labute approximate surface area is 202 Å². The summed E-state index contributed by atoms with van der Waals surface area (Å²) >= 11 is 6.49. The van der Waals surface area contributed by atoms with Gasteiger partial charge in [-0.25, -0.2) is 0 Å². The third-order valence-corrected chi connectivity index (χ3v) is 6.36. The fourth-order valence-corrected chi connectivity index (χ4v) is 4.49.